The summed E-state index contributed by atoms with van der Waals surface area (Å²) in [6.45, 7) is 16.9. The molecular formula is C32H33N7S. The van der Waals surface area contributed by atoms with Crippen LogP contribution >= 0.6 is 11.3 Å². The summed E-state index contributed by atoms with van der Waals surface area (Å²) in [5.41, 5.74) is 9.81. The lowest BCUT2D eigenvalue weighted by Gasteiger charge is -2.15. The summed E-state index contributed by atoms with van der Waals surface area (Å²) in [6.07, 6.45) is 7.69. The number of nitrogens with one attached hydrogen (secondary N) is 3. The van der Waals surface area contributed by atoms with Gasteiger partial charge in [0, 0.05) is 39.9 Å². The number of H-pyrrole nitrogens is 2. The largest absolute Gasteiger partial charge is 0.358 e. The Balaban J connectivity index is 1.52. The number of aromatic nitrogens is 5. The van der Waals surface area contributed by atoms with Crippen molar-refractivity contribution in [1.29, 1.82) is 0 Å². The number of allylic oxidation sites excluding steroid dienone is 5. The SMILES string of the molecule is C=C/C(=C\C(=C/C)c1ccc2[nH]nc(-c3cc4c(-c5ccc(C(=C)C)s5)nccc4[nH]3)c2n1)NC(=C)CN(C)C. The molecular weight excluding hydrogens is 514 g/mol. The van der Waals surface area contributed by atoms with Gasteiger partial charge in [0.05, 0.1) is 27.5 Å². The van der Waals surface area contributed by atoms with Gasteiger partial charge in [-0.1, -0.05) is 25.8 Å². The van der Waals surface area contributed by atoms with Crippen LogP contribution in [0.3, 0.4) is 0 Å². The van der Waals surface area contributed by atoms with E-state index >= 15 is 0 Å². The van der Waals surface area contributed by atoms with Crippen LogP contribution in [-0.4, -0.2) is 50.7 Å². The zero-order valence-electron chi connectivity index (χ0n) is 23.3. The molecule has 0 bridgehead atoms. The smallest absolute Gasteiger partial charge is 0.135 e. The van der Waals surface area contributed by atoms with Crippen molar-refractivity contribution in [2.45, 2.75) is 13.8 Å². The number of thiophene rings is 1. The zero-order valence-corrected chi connectivity index (χ0v) is 24.1. The second kappa shape index (κ2) is 11.3. The summed E-state index contributed by atoms with van der Waals surface area (Å²) >= 11 is 1.70. The van der Waals surface area contributed by atoms with Crippen molar-refractivity contribution in [3.05, 3.63) is 103 Å². The van der Waals surface area contributed by atoms with Crippen molar-refractivity contribution >= 4 is 44.4 Å². The van der Waals surface area contributed by atoms with E-state index in [2.05, 4.69) is 63.3 Å². The standard InChI is InChI=1S/C32H33N7S/c1-8-21(16-22(9-2)34-20(5)18-39(6)7)24-10-11-26-31(36-24)32(38-37-26)27-17-23-25(35-27)14-15-33-30(23)29-13-12-28(40-29)19(3)4/h8-17,34-35H,2-3,5,18H2,1,4,6-7H3,(H,37,38)/b21-8+,22-16+. The van der Waals surface area contributed by atoms with Gasteiger partial charge in [-0.05, 0) is 87.6 Å². The van der Waals surface area contributed by atoms with Crippen LogP contribution in [0.5, 0.6) is 0 Å². The van der Waals surface area contributed by atoms with Gasteiger partial charge in [0.25, 0.3) is 0 Å². The first-order chi connectivity index (χ1) is 19.3. The van der Waals surface area contributed by atoms with E-state index in [-0.39, 0.29) is 0 Å². The highest BCUT2D eigenvalue weighted by Gasteiger charge is 2.17. The fourth-order valence-electron chi connectivity index (χ4n) is 4.56. The third kappa shape index (κ3) is 5.45. The molecule has 7 nitrogen and oxygen atoms in total. The van der Waals surface area contributed by atoms with Crippen LogP contribution in [0.1, 0.15) is 24.4 Å². The summed E-state index contributed by atoms with van der Waals surface area (Å²) in [5, 5.41) is 12.2. The number of hydrogen-bond acceptors (Lipinski definition) is 6. The topological polar surface area (TPSA) is 85.5 Å². The first-order valence-electron chi connectivity index (χ1n) is 13.0. The molecule has 3 N–H and O–H groups in total. The monoisotopic (exact) mass is 547 g/mol. The Labute approximate surface area is 238 Å². The predicted octanol–water partition coefficient (Wildman–Crippen LogP) is 7.40. The van der Waals surface area contributed by atoms with E-state index in [9.17, 15) is 0 Å². The number of nitrogens with zero attached hydrogens (tertiary/aromatic N) is 4. The normalized spacial score (nSPS) is 12.4. The maximum Gasteiger partial charge on any atom is 0.135 e. The van der Waals surface area contributed by atoms with E-state index in [1.165, 1.54) is 0 Å². The molecule has 0 saturated carbocycles. The lowest BCUT2D eigenvalue weighted by molar-refractivity contribution is 0.438. The van der Waals surface area contributed by atoms with Crippen LogP contribution in [0.4, 0.5) is 0 Å². The Morgan fingerprint density at radius 1 is 1.10 bits per heavy atom. The van der Waals surface area contributed by atoms with E-state index in [0.29, 0.717) is 0 Å². The van der Waals surface area contributed by atoms with Gasteiger partial charge in [-0.15, -0.1) is 11.3 Å². The maximum atomic E-state index is 5.03. The van der Waals surface area contributed by atoms with Crippen molar-refractivity contribution in [2.75, 3.05) is 20.6 Å². The molecule has 0 fully saturated rings. The van der Waals surface area contributed by atoms with Crippen LogP contribution in [0.2, 0.25) is 0 Å². The summed E-state index contributed by atoms with van der Waals surface area (Å²) < 4.78 is 0. The van der Waals surface area contributed by atoms with Crippen molar-refractivity contribution in [3.8, 4) is 22.0 Å². The van der Waals surface area contributed by atoms with Gasteiger partial charge < -0.3 is 15.2 Å². The van der Waals surface area contributed by atoms with Crippen molar-refractivity contribution < 1.29 is 0 Å². The molecule has 0 unspecified atom stereocenters. The molecule has 0 aliphatic rings. The summed E-state index contributed by atoms with van der Waals surface area (Å²) in [6, 6.07) is 12.3. The Kier molecular flexibility index (Phi) is 7.64. The molecule has 8 heteroatoms. The molecule has 0 aliphatic carbocycles. The van der Waals surface area contributed by atoms with Gasteiger partial charge in [0.1, 0.15) is 11.2 Å². The summed E-state index contributed by atoms with van der Waals surface area (Å²) in [5.74, 6) is 0. The van der Waals surface area contributed by atoms with Gasteiger partial charge in [-0.3, -0.25) is 10.1 Å². The quantitative estimate of drug-likeness (QED) is 0.159. The van der Waals surface area contributed by atoms with E-state index in [1.807, 2.05) is 64.5 Å². The molecule has 0 saturated heterocycles. The number of hydrogen-bond donors (Lipinski definition) is 3. The van der Waals surface area contributed by atoms with Gasteiger partial charge in [-0.25, -0.2) is 4.98 Å². The molecule has 202 valence electrons. The maximum absolute atomic E-state index is 5.03. The summed E-state index contributed by atoms with van der Waals surface area (Å²) in [7, 11) is 4.02. The average molecular weight is 548 g/mol. The van der Waals surface area contributed by atoms with Crippen molar-refractivity contribution in [2.24, 2.45) is 0 Å². The Morgan fingerprint density at radius 3 is 2.62 bits per heavy atom. The minimum absolute atomic E-state index is 0.724. The van der Waals surface area contributed by atoms with E-state index in [4.69, 9.17) is 9.97 Å². The lowest BCUT2D eigenvalue weighted by Crippen LogP contribution is -2.23. The first kappa shape index (κ1) is 27.1. The highest BCUT2D eigenvalue weighted by molar-refractivity contribution is 7.16. The molecule has 40 heavy (non-hydrogen) atoms. The molecule has 5 rings (SSSR count). The average Bonchev–Trinajstić information content (AvgIpc) is 3.67. The zero-order chi connectivity index (χ0) is 28.4. The Morgan fingerprint density at radius 2 is 1.93 bits per heavy atom. The molecule has 5 aromatic rings. The third-order valence-electron chi connectivity index (χ3n) is 6.44. The summed E-state index contributed by atoms with van der Waals surface area (Å²) in [4.78, 5) is 17.6. The minimum atomic E-state index is 0.724. The number of likely N-dealkylation sites (N-methyl/N-ethyl adjacent to an activating group) is 1. The fourth-order valence-corrected chi connectivity index (χ4v) is 5.51. The van der Waals surface area contributed by atoms with Gasteiger partial charge in [0.15, 0.2) is 0 Å². The van der Waals surface area contributed by atoms with Crippen LogP contribution in [0.25, 0.3) is 55.0 Å². The molecule has 0 aliphatic heterocycles. The molecule has 0 aromatic carbocycles. The molecule has 0 radical (unpaired) electrons. The second-order valence-electron chi connectivity index (χ2n) is 9.93. The van der Waals surface area contributed by atoms with Gasteiger partial charge >= 0.3 is 0 Å². The first-order valence-corrected chi connectivity index (χ1v) is 13.8. The number of aromatic amines is 2. The van der Waals surface area contributed by atoms with Gasteiger partial charge in [0.2, 0.25) is 0 Å². The van der Waals surface area contributed by atoms with Crippen LogP contribution < -0.4 is 5.32 Å². The fraction of sp³-hybridized carbons (Fsp3) is 0.156. The molecule has 5 heterocycles. The second-order valence-corrected chi connectivity index (χ2v) is 11.0. The lowest BCUT2D eigenvalue weighted by atomic mass is 10.1. The number of pyridine rings is 2. The van der Waals surface area contributed by atoms with E-state index in [1.54, 1.807) is 17.4 Å². The van der Waals surface area contributed by atoms with E-state index in [0.717, 1.165) is 83.6 Å². The van der Waals surface area contributed by atoms with Crippen LogP contribution in [0.15, 0.2) is 92.0 Å². The highest BCUT2D eigenvalue weighted by atomic mass is 32.1. The molecule has 0 spiro atoms. The predicted molar refractivity (Wildman–Crippen MR) is 170 cm³/mol. The van der Waals surface area contributed by atoms with Crippen LogP contribution in [0, 0.1) is 0 Å². The molecule has 0 atom stereocenters. The number of rotatable bonds is 10. The third-order valence-corrected chi connectivity index (χ3v) is 7.69. The van der Waals surface area contributed by atoms with Gasteiger partial charge in [-0.2, -0.15) is 5.10 Å². The Bertz CT molecular complexity index is 1810. The van der Waals surface area contributed by atoms with E-state index < -0.39 is 0 Å². The molecule has 5 aromatic heterocycles. The van der Waals surface area contributed by atoms with Crippen LogP contribution in [-0.2, 0) is 0 Å². The highest BCUT2D eigenvalue weighted by Crippen LogP contribution is 2.36. The van der Waals surface area contributed by atoms with Crippen molar-refractivity contribution in [1.82, 2.24) is 35.4 Å². The Hall–Kier alpha value is -4.53. The van der Waals surface area contributed by atoms with Crippen molar-refractivity contribution in [3.63, 3.8) is 0 Å². The number of fused-ring (bicyclic) bond motifs is 2. The minimum Gasteiger partial charge on any atom is -0.358 e. The molecule has 0 amide bonds.